The molecule has 0 fully saturated rings. The van der Waals surface area contributed by atoms with Crippen molar-refractivity contribution >= 4 is 27.6 Å². The van der Waals surface area contributed by atoms with Crippen LogP contribution in [0, 0.1) is 5.82 Å². The van der Waals surface area contributed by atoms with Crippen LogP contribution < -0.4 is 5.32 Å². The van der Waals surface area contributed by atoms with Crippen molar-refractivity contribution in [2.45, 2.75) is 19.4 Å². The lowest BCUT2D eigenvalue weighted by Gasteiger charge is -2.13. The van der Waals surface area contributed by atoms with Crippen LogP contribution >= 0.6 is 15.9 Å². The fraction of sp³-hybridized carbons (Fsp3) is 0.300. The number of carboxylic acid groups (broad SMARTS) is 1. The average molecular weight is 276 g/mol. The van der Waals surface area contributed by atoms with Gasteiger partial charge >= 0.3 is 5.97 Å². The molecule has 1 rings (SSSR count). The minimum Gasteiger partial charge on any atom is -0.481 e. The molecule has 0 aliphatic heterocycles. The number of nitrogens with one attached hydrogen (secondary N) is 1. The molecule has 0 saturated carbocycles. The van der Waals surface area contributed by atoms with Crippen molar-refractivity contribution in [2.75, 3.05) is 5.32 Å². The van der Waals surface area contributed by atoms with Crippen molar-refractivity contribution in [3.05, 3.63) is 28.5 Å². The zero-order valence-electron chi connectivity index (χ0n) is 8.13. The first-order valence-corrected chi connectivity index (χ1v) is 5.21. The molecule has 0 heterocycles. The molecule has 0 bridgehead atoms. The summed E-state index contributed by atoms with van der Waals surface area (Å²) in [7, 11) is 0. The maximum absolute atomic E-state index is 13.2. The third-order valence-corrected chi connectivity index (χ3v) is 2.30. The van der Waals surface area contributed by atoms with E-state index in [1.807, 2.05) is 0 Å². The minimum absolute atomic E-state index is 0.0496. The van der Waals surface area contributed by atoms with Gasteiger partial charge in [-0.2, -0.15) is 0 Å². The van der Waals surface area contributed by atoms with Gasteiger partial charge in [-0.1, -0.05) is 15.9 Å². The monoisotopic (exact) mass is 275 g/mol. The highest BCUT2D eigenvalue weighted by Gasteiger charge is 2.09. The predicted molar refractivity (Wildman–Crippen MR) is 59.4 cm³/mol. The maximum atomic E-state index is 13.2. The Balaban J connectivity index is 2.71. The summed E-state index contributed by atoms with van der Waals surface area (Å²) in [6.07, 6.45) is -0.0496. The molecule has 5 heteroatoms. The number of anilines is 1. The second-order valence-corrected chi connectivity index (χ2v) is 4.18. The number of hydrogen-bond donors (Lipinski definition) is 2. The molecule has 0 amide bonds. The fourth-order valence-electron chi connectivity index (χ4n) is 1.19. The number of carbonyl (C=O) groups is 1. The Labute approximate surface area is 95.4 Å². The molecule has 0 spiro atoms. The van der Waals surface area contributed by atoms with Crippen LogP contribution in [0.4, 0.5) is 10.1 Å². The van der Waals surface area contributed by atoms with E-state index in [4.69, 9.17) is 5.11 Å². The van der Waals surface area contributed by atoms with E-state index in [1.54, 1.807) is 19.1 Å². The van der Waals surface area contributed by atoms with E-state index in [0.29, 0.717) is 5.69 Å². The second kappa shape index (κ2) is 5.11. The number of aliphatic carboxylic acids is 1. The SMILES string of the molecule is CC(CC(=O)O)Nc1cc(Br)ccc1F. The molecule has 82 valence electrons. The maximum Gasteiger partial charge on any atom is 0.305 e. The third kappa shape index (κ3) is 3.87. The Hall–Kier alpha value is -1.10. The largest absolute Gasteiger partial charge is 0.481 e. The van der Waals surface area contributed by atoms with Crippen LogP contribution in [-0.4, -0.2) is 17.1 Å². The van der Waals surface area contributed by atoms with Crippen LogP contribution in [0.5, 0.6) is 0 Å². The van der Waals surface area contributed by atoms with Crippen LogP contribution in [-0.2, 0) is 4.79 Å². The smallest absolute Gasteiger partial charge is 0.305 e. The van der Waals surface area contributed by atoms with Crippen LogP contribution in [0.25, 0.3) is 0 Å². The Morgan fingerprint density at radius 2 is 2.33 bits per heavy atom. The van der Waals surface area contributed by atoms with Gasteiger partial charge in [-0.25, -0.2) is 4.39 Å². The first kappa shape index (κ1) is 12.0. The van der Waals surface area contributed by atoms with Gasteiger partial charge in [0.1, 0.15) is 5.82 Å². The number of carboxylic acids is 1. The summed E-state index contributed by atoms with van der Waals surface area (Å²) in [4.78, 5) is 10.4. The van der Waals surface area contributed by atoms with Gasteiger partial charge in [0.15, 0.2) is 0 Å². The lowest BCUT2D eigenvalue weighted by atomic mass is 10.2. The van der Waals surface area contributed by atoms with E-state index >= 15 is 0 Å². The molecular formula is C10H11BrFNO2. The molecule has 1 aromatic rings. The Morgan fingerprint density at radius 1 is 1.67 bits per heavy atom. The molecule has 0 aliphatic rings. The zero-order valence-corrected chi connectivity index (χ0v) is 9.71. The Kier molecular flexibility index (Phi) is 4.08. The van der Waals surface area contributed by atoms with Gasteiger partial charge in [-0.15, -0.1) is 0 Å². The molecule has 1 atom stereocenters. The van der Waals surface area contributed by atoms with E-state index in [0.717, 1.165) is 4.47 Å². The Bertz CT molecular complexity index is 370. The molecule has 1 aromatic carbocycles. The molecule has 0 saturated heterocycles. The molecule has 0 aromatic heterocycles. The lowest BCUT2D eigenvalue weighted by Crippen LogP contribution is -2.19. The lowest BCUT2D eigenvalue weighted by molar-refractivity contribution is -0.137. The third-order valence-electron chi connectivity index (χ3n) is 1.81. The predicted octanol–water partition coefficient (Wildman–Crippen LogP) is 2.86. The van der Waals surface area contributed by atoms with Gasteiger partial charge in [-0.3, -0.25) is 4.79 Å². The fourth-order valence-corrected chi connectivity index (χ4v) is 1.55. The zero-order chi connectivity index (χ0) is 11.4. The highest BCUT2D eigenvalue weighted by Crippen LogP contribution is 2.21. The molecule has 0 aliphatic carbocycles. The van der Waals surface area contributed by atoms with Crippen LogP contribution in [0.15, 0.2) is 22.7 Å². The van der Waals surface area contributed by atoms with Gasteiger partial charge in [-0.05, 0) is 25.1 Å². The summed E-state index contributed by atoms with van der Waals surface area (Å²) in [5.74, 6) is -1.30. The van der Waals surface area contributed by atoms with Gasteiger partial charge < -0.3 is 10.4 Å². The molecule has 15 heavy (non-hydrogen) atoms. The van der Waals surface area contributed by atoms with Crippen molar-refractivity contribution in [2.24, 2.45) is 0 Å². The van der Waals surface area contributed by atoms with Gasteiger partial charge in [0.2, 0.25) is 0 Å². The molecule has 0 radical (unpaired) electrons. The van der Waals surface area contributed by atoms with Crippen molar-refractivity contribution in [1.82, 2.24) is 0 Å². The normalized spacial score (nSPS) is 12.2. The van der Waals surface area contributed by atoms with Crippen molar-refractivity contribution < 1.29 is 14.3 Å². The van der Waals surface area contributed by atoms with E-state index in [1.165, 1.54) is 6.07 Å². The van der Waals surface area contributed by atoms with Crippen LogP contribution in [0.2, 0.25) is 0 Å². The van der Waals surface area contributed by atoms with Gasteiger partial charge in [0, 0.05) is 10.5 Å². The minimum atomic E-state index is -0.912. The molecule has 2 N–H and O–H groups in total. The summed E-state index contributed by atoms with van der Waals surface area (Å²) in [6, 6.07) is 4.17. The molecular weight excluding hydrogens is 265 g/mol. The summed E-state index contributed by atoms with van der Waals surface area (Å²) in [6.45, 7) is 1.69. The quantitative estimate of drug-likeness (QED) is 0.889. The first-order chi connectivity index (χ1) is 6.99. The first-order valence-electron chi connectivity index (χ1n) is 4.42. The van der Waals surface area contributed by atoms with Crippen LogP contribution in [0.1, 0.15) is 13.3 Å². The van der Waals surface area contributed by atoms with Crippen molar-refractivity contribution in [1.29, 1.82) is 0 Å². The number of rotatable bonds is 4. The van der Waals surface area contributed by atoms with E-state index < -0.39 is 11.8 Å². The standard InChI is InChI=1S/C10H11BrFNO2/c1-6(4-10(14)15)13-9-5-7(11)2-3-8(9)12/h2-3,5-6,13H,4H2,1H3,(H,14,15). The van der Waals surface area contributed by atoms with E-state index in [-0.39, 0.29) is 12.5 Å². The summed E-state index contributed by atoms with van der Waals surface area (Å²) >= 11 is 3.21. The summed E-state index contributed by atoms with van der Waals surface area (Å²) in [5, 5.41) is 11.3. The Morgan fingerprint density at radius 3 is 2.93 bits per heavy atom. The average Bonchev–Trinajstić information content (AvgIpc) is 2.10. The second-order valence-electron chi connectivity index (χ2n) is 3.27. The van der Waals surface area contributed by atoms with Crippen molar-refractivity contribution in [3.63, 3.8) is 0 Å². The summed E-state index contributed by atoms with van der Waals surface area (Å²) in [5.41, 5.74) is 0.304. The van der Waals surface area contributed by atoms with Crippen LogP contribution in [0.3, 0.4) is 0 Å². The van der Waals surface area contributed by atoms with E-state index in [2.05, 4.69) is 21.2 Å². The van der Waals surface area contributed by atoms with Gasteiger partial charge in [0.05, 0.1) is 12.1 Å². The number of benzene rings is 1. The van der Waals surface area contributed by atoms with Crippen molar-refractivity contribution in [3.8, 4) is 0 Å². The number of hydrogen-bond acceptors (Lipinski definition) is 2. The highest BCUT2D eigenvalue weighted by molar-refractivity contribution is 9.10. The highest BCUT2D eigenvalue weighted by atomic mass is 79.9. The topological polar surface area (TPSA) is 49.3 Å². The van der Waals surface area contributed by atoms with Gasteiger partial charge in [0.25, 0.3) is 0 Å². The molecule has 1 unspecified atom stereocenters. The number of halogens is 2. The summed E-state index contributed by atoms with van der Waals surface area (Å²) < 4.78 is 14.0. The molecule has 3 nitrogen and oxygen atoms in total. The van der Waals surface area contributed by atoms with E-state index in [9.17, 15) is 9.18 Å².